The molecule has 4 aromatic rings. The first kappa shape index (κ1) is 22.2. The van der Waals surface area contributed by atoms with Gasteiger partial charge < -0.3 is 14.5 Å². The van der Waals surface area contributed by atoms with Crippen molar-refractivity contribution in [2.45, 2.75) is 12.6 Å². The monoisotopic (exact) mass is 451 g/mol. The highest BCUT2D eigenvalue weighted by molar-refractivity contribution is 6.01. The minimum Gasteiger partial charge on any atom is -0.467 e. The summed E-state index contributed by atoms with van der Waals surface area (Å²) in [5, 5.41) is 10.9. The molecule has 0 spiro atoms. The zero-order valence-corrected chi connectivity index (χ0v) is 17.8. The van der Waals surface area contributed by atoms with Gasteiger partial charge in [-0.05, 0) is 42.5 Å². The molecule has 0 saturated heterocycles. The van der Waals surface area contributed by atoms with Crippen molar-refractivity contribution in [3.63, 3.8) is 0 Å². The molecule has 170 valence electrons. The number of nitrogens with one attached hydrogen (secondary N) is 1. The van der Waals surface area contributed by atoms with E-state index in [1.807, 2.05) is 12.1 Å². The Balaban J connectivity index is 1.74. The molecular weight excluding hydrogens is 429 g/mol. The van der Waals surface area contributed by atoms with Crippen molar-refractivity contribution in [1.29, 1.82) is 0 Å². The molecule has 10 heteroatoms. The van der Waals surface area contributed by atoms with Gasteiger partial charge in [-0.3, -0.25) is 14.5 Å². The van der Waals surface area contributed by atoms with Gasteiger partial charge in [-0.1, -0.05) is 23.4 Å². The SMILES string of the molecule is COCCNC(=O)C(c1ccco1)N(C(=O)Cn1nnc2ccccc21)c1cccc(F)c1. The number of anilines is 1. The first-order chi connectivity index (χ1) is 16.1. The highest BCUT2D eigenvalue weighted by Gasteiger charge is 2.35. The number of benzene rings is 2. The molecule has 33 heavy (non-hydrogen) atoms. The van der Waals surface area contributed by atoms with Crippen LogP contribution in [-0.4, -0.2) is 47.1 Å². The standard InChI is InChI=1S/C23H22FN5O4/c1-32-13-11-25-23(31)22(20-10-5-12-33-20)29(17-7-4-6-16(24)14-17)21(30)15-28-19-9-3-2-8-18(19)26-27-28/h2-10,12,14,22H,11,13,15H2,1H3,(H,25,31). The predicted octanol–water partition coefficient (Wildman–Crippen LogP) is 2.70. The van der Waals surface area contributed by atoms with Crippen molar-refractivity contribution >= 4 is 28.5 Å². The van der Waals surface area contributed by atoms with Crippen LogP contribution in [0.1, 0.15) is 11.8 Å². The normalized spacial score (nSPS) is 11.9. The van der Waals surface area contributed by atoms with E-state index in [4.69, 9.17) is 9.15 Å². The maximum Gasteiger partial charge on any atom is 0.251 e. The van der Waals surface area contributed by atoms with Crippen LogP contribution in [0, 0.1) is 5.82 Å². The lowest BCUT2D eigenvalue weighted by Gasteiger charge is -2.30. The molecular formula is C23H22FN5O4. The Labute approximate surface area is 188 Å². The highest BCUT2D eigenvalue weighted by atomic mass is 19.1. The summed E-state index contributed by atoms with van der Waals surface area (Å²) in [6.45, 7) is 0.292. The summed E-state index contributed by atoms with van der Waals surface area (Å²) in [5.74, 6) is -1.32. The lowest BCUT2D eigenvalue weighted by molar-refractivity contribution is -0.127. The Morgan fingerprint density at radius 2 is 2.03 bits per heavy atom. The third kappa shape index (κ3) is 4.90. The molecule has 0 aliphatic rings. The number of ether oxygens (including phenoxy) is 1. The van der Waals surface area contributed by atoms with Crippen molar-refractivity contribution in [2.75, 3.05) is 25.2 Å². The van der Waals surface area contributed by atoms with Crippen molar-refractivity contribution in [3.05, 3.63) is 78.5 Å². The predicted molar refractivity (Wildman–Crippen MR) is 118 cm³/mol. The van der Waals surface area contributed by atoms with E-state index in [2.05, 4.69) is 15.6 Å². The number of methoxy groups -OCH3 is 1. The van der Waals surface area contributed by atoms with Gasteiger partial charge >= 0.3 is 0 Å². The Morgan fingerprint density at radius 3 is 2.79 bits per heavy atom. The molecule has 2 aromatic heterocycles. The van der Waals surface area contributed by atoms with Crippen molar-refractivity contribution < 1.29 is 23.1 Å². The van der Waals surface area contributed by atoms with E-state index in [1.165, 1.54) is 41.2 Å². The first-order valence-corrected chi connectivity index (χ1v) is 10.2. The molecule has 2 amide bonds. The Kier molecular flexibility index (Phi) is 6.75. The number of furan rings is 1. The average Bonchev–Trinajstić information content (AvgIpc) is 3.48. The lowest BCUT2D eigenvalue weighted by atomic mass is 10.1. The molecule has 9 nitrogen and oxygen atoms in total. The summed E-state index contributed by atoms with van der Waals surface area (Å²) in [6, 6.07) is 14.7. The van der Waals surface area contributed by atoms with Crippen LogP contribution in [0.2, 0.25) is 0 Å². The molecule has 1 atom stereocenters. The number of carbonyl (C=O) groups excluding carboxylic acids is 2. The van der Waals surface area contributed by atoms with Gasteiger partial charge in [-0.15, -0.1) is 5.10 Å². The molecule has 1 unspecified atom stereocenters. The molecule has 2 heterocycles. The topological polar surface area (TPSA) is 102 Å². The van der Waals surface area contributed by atoms with Crippen LogP contribution in [0.5, 0.6) is 0 Å². The zero-order chi connectivity index (χ0) is 23.2. The van der Waals surface area contributed by atoms with E-state index >= 15 is 0 Å². The summed E-state index contributed by atoms with van der Waals surface area (Å²) >= 11 is 0. The third-order valence-corrected chi connectivity index (χ3v) is 4.98. The van der Waals surface area contributed by atoms with E-state index in [1.54, 1.807) is 30.3 Å². The van der Waals surface area contributed by atoms with Crippen LogP contribution in [0.4, 0.5) is 10.1 Å². The molecule has 0 bridgehead atoms. The molecule has 2 aromatic carbocycles. The van der Waals surface area contributed by atoms with Crippen LogP contribution in [0.15, 0.2) is 71.3 Å². The number of hydrogen-bond donors (Lipinski definition) is 1. The second kappa shape index (κ2) is 10.0. The largest absolute Gasteiger partial charge is 0.467 e. The minimum atomic E-state index is -1.18. The van der Waals surface area contributed by atoms with Crippen LogP contribution in [0.25, 0.3) is 11.0 Å². The fourth-order valence-electron chi connectivity index (χ4n) is 3.49. The summed E-state index contributed by atoms with van der Waals surface area (Å²) in [7, 11) is 1.52. The van der Waals surface area contributed by atoms with E-state index in [-0.39, 0.29) is 31.1 Å². The van der Waals surface area contributed by atoms with Gasteiger partial charge in [-0.25, -0.2) is 9.07 Å². The van der Waals surface area contributed by atoms with Crippen molar-refractivity contribution in [1.82, 2.24) is 20.3 Å². The second-order valence-corrected chi connectivity index (χ2v) is 7.18. The number of aromatic nitrogens is 3. The number of carbonyl (C=O) groups is 2. The van der Waals surface area contributed by atoms with E-state index in [0.717, 1.165) is 0 Å². The summed E-state index contributed by atoms with van der Waals surface area (Å²) < 4.78 is 26.1. The van der Waals surface area contributed by atoms with Gasteiger partial charge in [0, 0.05) is 19.3 Å². The molecule has 0 saturated carbocycles. The fraction of sp³-hybridized carbons (Fsp3) is 0.217. The lowest BCUT2D eigenvalue weighted by Crippen LogP contribution is -2.45. The number of fused-ring (bicyclic) bond motifs is 1. The highest BCUT2D eigenvalue weighted by Crippen LogP contribution is 2.29. The van der Waals surface area contributed by atoms with Crippen molar-refractivity contribution in [3.8, 4) is 0 Å². The maximum atomic E-state index is 14.1. The smallest absolute Gasteiger partial charge is 0.251 e. The number of halogens is 1. The number of rotatable bonds is 9. The third-order valence-electron chi connectivity index (χ3n) is 4.98. The number of para-hydroxylation sites is 1. The molecule has 0 fully saturated rings. The summed E-state index contributed by atoms with van der Waals surface area (Å²) in [5.41, 5.74) is 1.49. The van der Waals surface area contributed by atoms with E-state index in [9.17, 15) is 14.0 Å². The van der Waals surface area contributed by atoms with Gasteiger partial charge in [-0.2, -0.15) is 0 Å². The quantitative estimate of drug-likeness (QED) is 0.393. The number of nitrogens with zero attached hydrogens (tertiary/aromatic N) is 4. The molecule has 1 N–H and O–H groups in total. The van der Waals surface area contributed by atoms with Crippen molar-refractivity contribution in [2.24, 2.45) is 0 Å². The Hall–Kier alpha value is -4.05. The van der Waals surface area contributed by atoms with Crippen LogP contribution in [0.3, 0.4) is 0 Å². The van der Waals surface area contributed by atoms with E-state index < -0.39 is 23.7 Å². The molecule has 0 aliphatic carbocycles. The Morgan fingerprint density at radius 1 is 1.18 bits per heavy atom. The summed E-state index contributed by atoms with van der Waals surface area (Å²) in [4.78, 5) is 28.0. The van der Waals surface area contributed by atoms with Crippen LogP contribution < -0.4 is 10.2 Å². The van der Waals surface area contributed by atoms with Gasteiger partial charge in [0.15, 0.2) is 6.04 Å². The first-order valence-electron chi connectivity index (χ1n) is 10.2. The second-order valence-electron chi connectivity index (χ2n) is 7.18. The van der Waals surface area contributed by atoms with Gasteiger partial charge in [0.05, 0.1) is 18.4 Å². The molecule has 4 rings (SSSR count). The number of amides is 2. The Bertz CT molecular complexity index is 1240. The average molecular weight is 451 g/mol. The zero-order valence-electron chi connectivity index (χ0n) is 17.8. The molecule has 0 radical (unpaired) electrons. The number of hydrogen-bond acceptors (Lipinski definition) is 6. The van der Waals surface area contributed by atoms with Gasteiger partial charge in [0.2, 0.25) is 5.91 Å². The van der Waals surface area contributed by atoms with Gasteiger partial charge in [0.25, 0.3) is 5.91 Å². The maximum absolute atomic E-state index is 14.1. The fourth-order valence-corrected chi connectivity index (χ4v) is 3.49. The summed E-state index contributed by atoms with van der Waals surface area (Å²) in [6.07, 6.45) is 1.41. The van der Waals surface area contributed by atoms with Crippen LogP contribution >= 0.6 is 0 Å². The van der Waals surface area contributed by atoms with Gasteiger partial charge in [0.1, 0.15) is 23.6 Å². The minimum absolute atomic E-state index is 0.202. The van der Waals surface area contributed by atoms with E-state index in [0.29, 0.717) is 11.0 Å². The molecule has 0 aliphatic heterocycles. The van der Waals surface area contributed by atoms with Crippen LogP contribution in [-0.2, 0) is 20.9 Å².